The van der Waals surface area contributed by atoms with E-state index in [1.165, 1.54) is 0 Å². The molecule has 146 valence electrons. The van der Waals surface area contributed by atoms with Gasteiger partial charge in [0.05, 0.1) is 30.0 Å². The van der Waals surface area contributed by atoms with Crippen LogP contribution in [0.4, 0.5) is 11.4 Å². The standard InChI is InChI=1S/C23H27N3O2/c1-16-21(17-8-4-5-9-18(17)24-16)23(2,3)22(27)25-19-10-6-7-11-20(19)26-12-14-28-15-13-26/h4-11,24H,12-15H2,1-3H3,(H,25,27). The van der Waals surface area contributed by atoms with E-state index in [0.29, 0.717) is 13.2 Å². The summed E-state index contributed by atoms with van der Waals surface area (Å²) >= 11 is 0. The van der Waals surface area contributed by atoms with Crippen LogP contribution in [0.5, 0.6) is 0 Å². The van der Waals surface area contributed by atoms with E-state index in [2.05, 4.69) is 27.3 Å². The molecule has 1 aliphatic rings. The van der Waals surface area contributed by atoms with Gasteiger partial charge < -0.3 is 19.9 Å². The number of hydrogen-bond donors (Lipinski definition) is 2. The molecule has 0 radical (unpaired) electrons. The third kappa shape index (κ3) is 3.27. The fraction of sp³-hybridized carbons (Fsp3) is 0.348. The van der Waals surface area contributed by atoms with Gasteiger partial charge in [-0.05, 0) is 44.5 Å². The summed E-state index contributed by atoms with van der Waals surface area (Å²) < 4.78 is 5.47. The highest BCUT2D eigenvalue weighted by atomic mass is 16.5. The van der Waals surface area contributed by atoms with Crippen molar-refractivity contribution in [2.75, 3.05) is 36.5 Å². The number of rotatable bonds is 4. The Morgan fingerprint density at radius 1 is 1.07 bits per heavy atom. The first-order valence-corrected chi connectivity index (χ1v) is 9.79. The largest absolute Gasteiger partial charge is 0.378 e. The summed E-state index contributed by atoms with van der Waals surface area (Å²) in [5.74, 6) is -0.0129. The summed E-state index contributed by atoms with van der Waals surface area (Å²) in [6.45, 7) is 9.09. The van der Waals surface area contributed by atoms with Gasteiger partial charge in [0, 0.05) is 29.7 Å². The summed E-state index contributed by atoms with van der Waals surface area (Å²) in [7, 11) is 0. The van der Waals surface area contributed by atoms with Gasteiger partial charge in [-0.3, -0.25) is 4.79 Å². The normalized spacial score (nSPS) is 15.0. The quantitative estimate of drug-likeness (QED) is 0.715. The topological polar surface area (TPSA) is 57.4 Å². The molecule has 5 nitrogen and oxygen atoms in total. The fourth-order valence-electron chi connectivity index (χ4n) is 4.13. The first kappa shape index (κ1) is 18.6. The number of ether oxygens (including phenoxy) is 1. The van der Waals surface area contributed by atoms with Crippen molar-refractivity contribution < 1.29 is 9.53 Å². The minimum Gasteiger partial charge on any atom is -0.378 e. The van der Waals surface area contributed by atoms with Crippen LogP contribution in [0.1, 0.15) is 25.1 Å². The average Bonchev–Trinajstić information content (AvgIpc) is 3.05. The predicted octanol–water partition coefficient (Wildman–Crippen LogP) is 4.23. The number of benzene rings is 2. The van der Waals surface area contributed by atoms with Crippen LogP contribution in [0.15, 0.2) is 48.5 Å². The number of carbonyl (C=O) groups excluding carboxylic acids is 1. The summed E-state index contributed by atoms with van der Waals surface area (Å²) in [4.78, 5) is 19.1. The highest BCUT2D eigenvalue weighted by Gasteiger charge is 2.34. The zero-order chi connectivity index (χ0) is 19.7. The molecule has 2 N–H and O–H groups in total. The molecule has 2 aromatic carbocycles. The molecular weight excluding hydrogens is 350 g/mol. The molecule has 0 unspecified atom stereocenters. The van der Waals surface area contributed by atoms with Gasteiger partial charge in [-0.1, -0.05) is 30.3 Å². The number of para-hydroxylation sites is 3. The fourth-order valence-corrected chi connectivity index (χ4v) is 4.13. The van der Waals surface area contributed by atoms with Crippen molar-refractivity contribution in [3.05, 3.63) is 59.8 Å². The number of nitrogens with zero attached hydrogens (tertiary/aromatic N) is 1. The first-order chi connectivity index (χ1) is 13.5. The van der Waals surface area contributed by atoms with Crippen molar-refractivity contribution in [2.24, 2.45) is 0 Å². The molecule has 0 aliphatic carbocycles. The minimum absolute atomic E-state index is 0.0129. The van der Waals surface area contributed by atoms with Crippen molar-refractivity contribution >= 4 is 28.2 Å². The molecule has 1 saturated heterocycles. The van der Waals surface area contributed by atoms with Gasteiger partial charge in [0.25, 0.3) is 0 Å². The number of amides is 1. The van der Waals surface area contributed by atoms with Gasteiger partial charge in [0.2, 0.25) is 5.91 Å². The second-order valence-electron chi connectivity index (χ2n) is 7.87. The van der Waals surface area contributed by atoms with E-state index in [1.54, 1.807) is 0 Å². The Balaban J connectivity index is 1.66. The molecule has 28 heavy (non-hydrogen) atoms. The third-order valence-corrected chi connectivity index (χ3v) is 5.59. The number of aryl methyl sites for hydroxylation is 1. The maximum absolute atomic E-state index is 13.4. The Kier molecular flexibility index (Phi) is 4.85. The van der Waals surface area contributed by atoms with E-state index < -0.39 is 5.41 Å². The molecule has 0 spiro atoms. The number of nitrogens with one attached hydrogen (secondary N) is 2. The van der Waals surface area contributed by atoms with E-state index in [4.69, 9.17) is 4.74 Å². The molecule has 0 bridgehead atoms. The number of H-pyrrole nitrogens is 1. The Bertz CT molecular complexity index is 1000. The minimum atomic E-state index is -0.679. The van der Waals surface area contributed by atoms with Crippen LogP contribution in [0, 0.1) is 6.92 Å². The molecule has 2 heterocycles. The van der Waals surface area contributed by atoms with E-state index in [0.717, 1.165) is 46.6 Å². The van der Waals surface area contributed by atoms with Crippen molar-refractivity contribution in [1.29, 1.82) is 0 Å². The van der Waals surface area contributed by atoms with Crippen LogP contribution in [0.2, 0.25) is 0 Å². The molecule has 5 heteroatoms. The van der Waals surface area contributed by atoms with Gasteiger partial charge in [-0.25, -0.2) is 0 Å². The van der Waals surface area contributed by atoms with E-state index >= 15 is 0 Å². The van der Waals surface area contributed by atoms with Gasteiger partial charge >= 0.3 is 0 Å². The monoisotopic (exact) mass is 377 g/mol. The molecule has 1 amide bonds. The van der Waals surface area contributed by atoms with E-state index in [-0.39, 0.29) is 5.91 Å². The Labute approximate surface area is 165 Å². The lowest BCUT2D eigenvalue weighted by Gasteiger charge is -2.31. The third-order valence-electron chi connectivity index (χ3n) is 5.59. The van der Waals surface area contributed by atoms with E-state index in [1.807, 2.05) is 57.2 Å². The van der Waals surface area contributed by atoms with Gasteiger partial charge in [0.15, 0.2) is 0 Å². The van der Waals surface area contributed by atoms with Crippen LogP contribution < -0.4 is 10.2 Å². The van der Waals surface area contributed by atoms with Crippen molar-refractivity contribution in [2.45, 2.75) is 26.2 Å². The van der Waals surface area contributed by atoms with Gasteiger partial charge in [0.1, 0.15) is 0 Å². The lowest BCUT2D eigenvalue weighted by molar-refractivity contribution is -0.120. The number of anilines is 2. The number of hydrogen-bond acceptors (Lipinski definition) is 3. The molecule has 1 aromatic heterocycles. The first-order valence-electron chi connectivity index (χ1n) is 9.79. The summed E-state index contributed by atoms with van der Waals surface area (Å²) in [5, 5.41) is 4.29. The predicted molar refractivity (Wildman–Crippen MR) is 114 cm³/mol. The second-order valence-corrected chi connectivity index (χ2v) is 7.87. The summed E-state index contributed by atoms with van der Waals surface area (Å²) in [6, 6.07) is 16.2. The van der Waals surface area contributed by atoms with E-state index in [9.17, 15) is 4.79 Å². The lowest BCUT2D eigenvalue weighted by Crippen LogP contribution is -2.38. The van der Waals surface area contributed by atoms with Gasteiger partial charge in [-0.15, -0.1) is 0 Å². The SMILES string of the molecule is Cc1[nH]c2ccccc2c1C(C)(C)C(=O)Nc1ccccc1N1CCOCC1. The van der Waals surface area contributed by atoms with Crippen LogP contribution in [-0.2, 0) is 14.9 Å². The zero-order valence-electron chi connectivity index (χ0n) is 16.7. The molecule has 4 rings (SSSR count). The summed E-state index contributed by atoms with van der Waals surface area (Å²) in [6.07, 6.45) is 0. The van der Waals surface area contributed by atoms with Crippen LogP contribution in [0.25, 0.3) is 10.9 Å². The number of morpholine rings is 1. The molecular formula is C23H27N3O2. The molecule has 0 atom stereocenters. The van der Waals surface area contributed by atoms with Crippen LogP contribution in [0.3, 0.4) is 0 Å². The van der Waals surface area contributed by atoms with Gasteiger partial charge in [-0.2, -0.15) is 0 Å². The maximum Gasteiger partial charge on any atom is 0.234 e. The number of carbonyl (C=O) groups is 1. The van der Waals surface area contributed by atoms with Crippen molar-refractivity contribution in [1.82, 2.24) is 4.98 Å². The molecule has 1 fully saturated rings. The maximum atomic E-state index is 13.4. The number of fused-ring (bicyclic) bond motifs is 1. The highest BCUT2D eigenvalue weighted by molar-refractivity contribution is 6.04. The van der Waals surface area contributed by atoms with Crippen molar-refractivity contribution in [3.63, 3.8) is 0 Å². The smallest absolute Gasteiger partial charge is 0.234 e. The number of aromatic nitrogens is 1. The molecule has 3 aromatic rings. The Hall–Kier alpha value is -2.79. The highest BCUT2D eigenvalue weighted by Crippen LogP contribution is 2.35. The molecule has 1 aliphatic heterocycles. The number of aromatic amines is 1. The zero-order valence-corrected chi connectivity index (χ0v) is 16.7. The van der Waals surface area contributed by atoms with Crippen LogP contribution in [-0.4, -0.2) is 37.2 Å². The average molecular weight is 377 g/mol. The Morgan fingerprint density at radius 2 is 1.75 bits per heavy atom. The second kappa shape index (κ2) is 7.32. The summed E-state index contributed by atoms with van der Waals surface area (Å²) in [5.41, 5.74) is 4.35. The lowest BCUT2D eigenvalue weighted by atomic mass is 9.81. The van der Waals surface area contributed by atoms with Crippen molar-refractivity contribution in [3.8, 4) is 0 Å². The molecule has 0 saturated carbocycles. The van der Waals surface area contributed by atoms with Crippen LogP contribution >= 0.6 is 0 Å². The Morgan fingerprint density at radius 3 is 2.54 bits per heavy atom.